The highest BCUT2D eigenvalue weighted by Crippen LogP contribution is 2.28. The van der Waals surface area contributed by atoms with E-state index in [4.69, 9.17) is 10.5 Å². The lowest BCUT2D eigenvalue weighted by Gasteiger charge is -2.14. The highest BCUT2D eigenvalue weighted by molar-refractivity contribution is 9.10. The summed E-state index contributed by atoms with van der Waals surface area (Å²) in [7, 11) is 1.48. The van der Waals surface area contributed by atoms with Crippen molar-refractivity contribution in [1.82, 2.24) is 10.6 Å². The number of carbonyl (C=O) groups is 2. The molecule has 0 radical (unpaired) electrons. The van der Waals surface area contributed by atoms with Gasteiger partial charge in [-0.05, 0) is 35.9 Å². The summed E-state index contributed by atoms with van der Waals surface area (Å²) < 4.78 is 6.30. The molecular formula is C20H20BrN5O3. The van der Waals surface area contributed by atoms with Crippen molar-refractivity contribution in [2.24, 2.45) is 15.7 Å². The molecule has 0 saturated carbocycles. The molecule has 2 aromatic carbocycles. The van der Waals surface area contributed by atoms with Crippen LogP contribution < -0.4 is 21.1 Å². The number of nitrogens with two attached hydrogens (primary N) is 1. The van der Waals surface area contributed by atoms with E-state index >= 15 is 0 Å². The van der Waals surface area contributed by atoms with Gasteiger partial charge in [0.15, 0.2) is 5.84 Å². The minimum atomic E-state index is 0.306. The number of ether oxygens (including phenoxy) is 1. The maximum atomic E-state index is 11.1. The average molecular weight is 458 g/mol. The summed E-state index contributed by atoms with van der Waals surface area (Å²) in [6.45, 7) is 0.436. The fourth-order valence-electron chi connectivity index (χ4n) is 2.31. The molecule has 0 bridgehead atoms. The number of carbonyl (C=O) groups excluding carboxylic acids is 2. The first-order valence-corrected chi connectivity index (χ1v) is 9.25. The lowest BCUT2D eigenvalue weighted by molar-refractivity contribution is -0.108. The minimum absolute atomic E-state index is 0.306. The third-order valence-corrected chi connectivity index (χ3v) is 4.23. The summed E-state index contributed by atoms with van der Waals surface area (Å²) in [6.07, 6.45) is 3.70. The van der Waals surface area contributed by atoms with E-state index in [0.29, 0.717) is 41.5 Å². The van der Waals surface area contributed by atoms with Crippen LogP contribution in [0.2, 0.25) is 0 Å². The maximum absolute atomic E-state index is 11.1. The molecular weight excluding hydrogens is 438 g/mol. The molecule has 150 valence electrons. The van der Waals surface area contributed by atoms with Gasteiger partial charge in [-0.3, -0.25) is 9.59 Å². The van der Waals surface area contributed by atoms with Crippen molar-refractivity contribution < 1.29 is 14.3 Å². The predicted octanol–water partition coefficient (Wildman–Crippen LogP) is 2.66. The number of aliphatic imine (C=N–C) groups is 2. The molecule has 0 aromatic heterocycles. The van der Waals surface area contributed by atoms with Crippen molar-refractivity contribution in [1.29, 1.82) is 0 Å². The standard InChI is InChI=1S/C20H20BrN5O3/c1-29-19-8-15(11-27)4-7-17(19)26-20(18(25-13-28)10-23-12-22)24-9-14-2-5-16(21)6-3-14/h2-8,10-13H,9H2,1H3,(H2,22,23)(H,24,26)(H,25,28)/b18-10+. The average Bonchev–Trinajstić information content (AvgIpc) is 2.75. The van der Waals surface area contributed by atoms with Crippen molar-refractivity contribution in [3.05, 3.63) is 70.0 Å². The van der Waals surface area contributed by atoms with Gasteiger partial charge in [0.2, 0.25) is 6.41 Å². The highest BCUT2D eigenvalue weighted by atomic mass is 79.9. The number of rotatable bonds is 9. The van der Waals surface area contributed by atoms with Crippen LogP contribution >= 0.6 is 15.9 Å². The molecule has 0 heterocycles. The molecule has 0 aliphatic rings. The van der Waals surface area contributed by atoms with E-state index in [1.54, 1.807) is 18.2 Å². The Hall–Kier alpha value is -3.46. The second kappa shape index (κ2) is 11.4. The Morgan fingerprint density at radius 1 is 1.21 bits per heavy atom. The lowest BCUT2D eigenvalue weighted by atomic mass is 10.2. The molecule has 0 spiro atoms. The van der Waals surface area contributed by atoms with Crippen molar-refractivity contribution in [2.75, 3.05) is 7.11 Å². The topological polar surface area (TPSA) is 118 Å². The zero-order valence-corrected chi connectivity index (χ0v) is 17.2. The van der Waals surface area contributed by atoms with E-state index in [1.807, 2.05) is 24.3 Å². The van der Waals surface area contributed by atoms with Crippen molar-refractivity contribution >= 4 is 46.5 Å². The quantitative estimate of drug-likeness (QED) is 0.303. The Kier molecular flexibility index (Phi) is 8.58. The van der Waals surface area contributed by atoms with Gasteiger partial charge in [-0.15, -0.1) is 0 Å². The van der Waals surface area contributed by atoms with Gasteiger partial charge < -0.3 is 21.1 Å². The van der Waals surface area contributed by atoms with Gasteiger partial charge in [-0.25, -0.2) is 9.98 Å². The van der Waals surface area contributed by atoms with Crippen LogP contribution in [0.1, 0.15) is 15.9 Å². The van der Waals surface area contributed by atoms with Crippen LogP contribution in [0.4, 0.5) is 5.69 Å². The number of benzene rings is 2. The summed E-state index contributed by atoms with van der Waals surface area (Å²) >= 11 is 3.40. The number of methoxy groups -OCH3 is 1. The first-order valence-electron chi connectivity index (χ1n) is 8.45. The summed E-state index contributed by atoms with van der Waals surface area (Å²) in [4.78, 5) is 30.5. The molecule has 0 aliphatic carbocycles. The van der Waals surface area contributed by atoms with Crippen LogP contribution in [0.3, 0.4) is 0 Å². The number of nitrogens with one attached hydrogen (secondary N) is 2. The van der Waals surface area contributed by atoms with Crippen molar-refractivity contribution in [3.63, 3.8) is 0 Å². The van der Waals surface area contributed by atoms with Gasteiger partial charge in [0.1, 0.15) is 23.4 Å². The lowest BCUT2D eigenvalue weighted by Crippen LogP contribution is -2.31. The molecule has 2 aromatic rings. The molecule has 0 fully saturated rings. The molecule has 0 unspecified atom stereocenters. The van der Waals surface area contributed by atoms with Gasteiger partial charge in [-0.1, -0.05) is 28.1 Å². The fourth-order valence-corrected chi connectivity index (χ4v) is 2.58. The van der Waals surface area contributed by atoms with E-state index in [-0.39, 0.29) is 0 Å². The number of hydrogen-bond donors (Lipinski definition) is 3. The van der Waals surface area contributed by atoms with Gasteiger partial charge in [0.05, 0.1) is 19.6 Å². The van der Waals surface area contributed by atoms with Crippen LogP contribution in [0.15, 0.2) is 68.8 Å². The number of halogens is 1. The number of hydrogen-bond acceptors (Lipinski definition) is 5. The first-order chi connectivity index (χ1) is 14.1. The van der Waals surface area contributed by atoms with Crippen LogP contribution in [0.25, 0.3) is 0 Å². The van der Waals surface area contributed by atoms with Crippen LogP contribution in [-0.2, 0) is 11.3 Å². The minimum Gasteiger partial charge on any atom is -0.494 e. The van der Waals surface area contributed by atoms with Crippen LogP contribution in [0, 0.1) is 0 Å². The monoisotopic (exact) mass is 457 g/mol. The van der Waals surface area contributed by atoms with Gasteiger partial charge >= 0.3 is 0 Å². The van der Waals surface area contributed by atoms with Crippen LogP contribution in [0.5, 0.6) is 5.75 Å². The normalized spacial score (nSPS) is 11.9. The maximum Gasteiger partial charge on any atom is 0.211 e. The second-order valence-corrected chi connectivity index (χ2v) is 6.51. The Balaban J connectivity index is 2.44. The van der Waals surface area contributed by atoms with Crippen molar-refractivity contribution in [2.45, 2.75) is 6.54 Å². The smallest absolute Gasteiger partial charge is 0.211 e. The van der Waals surface area contributed by atoms with Gasteiger partial charge in [0.25, 0.3) is 0 Å². The molecule has 2 rings (SSSR count). The number of amides is 1. The Morgan fingerprint density at radius 3 is 2.59 bits per heavy atom. The summed E-state index contributed by atoms with van der Waals surface area (Å²) in [5, 5.41) is 5.74. The van der Waals surface area contributed by atoms with E-state index in [0.717, 1.165) is 22.7 Å². The molecule has 0 aliphatic heterocycles. The van der Waals surface area contributed by atoms with Crippen LogP contribution in [-0.4, -0.2) is 32.0 Å². The summed E-state index contributed by atoms with van der Waals surface area (Å²) in [5.74, 6) is 0.744. The first kappa shape index (κ1) is 21.8. The SMILES string of the molecule is COc1cc(C=O)ccc1\N=C(NCc1ccc(Br)cc1)/C(=C\N=C\N)NC=O. The van der Waals surface area contributed by atoms with E-state index in [2.05, 4.69) is 36.5 Å². The third kappa shape index (κ3) is 6.58. The molecule has 29 heavy (non-hydrogen) atoms. The number of aldehydes is 1. The number of nitrogens with zero attached hydrogens (tertiary/aromatic N) is 2. The highest BCUT2D eigenvalue weighted by Gasteiger charge is 2.11. The molecule has 9 heteroatoms. The molecule has 1 amide bonds. The Labute approximate surface area is 176 Å². The zero-order chi connectivity index (χ0) is 21.1. The Morgan fingerprint density at radius 2 is 1.97 bits per heavy atom. The number of amidine groups is 1. The molecule has 0 saturated heterocycles. The van der Waals surface area contributed by atoms with E-state index < -0.39 is 0 Å². The molecule has 4 N–H and O–H groups in total. The summed E-state index contributed by atoms with van der Waals surface area (Å²) in [5.41, 5.74) is 7.54. The van der Waals surface area contributed by atoms with Gasteiger partial charge in [-0.2, -0.15) is 0 Å². The largest absolute Gasteiger partial charge is 0.494 e. The zero-order valence-electron chi connectivity index (χ0n) is 15.6. The molecule has 8 nitrogen and oxygen atoms in total. The fraction of sp³-hybridized carbons (Fsp3) is 0.100. The van der Waals surface area contributed by atoms with Crippen molar-refractivity contribution in [3.8, 4) is 5.75 Å². The summed E-state index contributed by atoms with van der Waals surface area (Å²) in [6, 6.07) is 12.6. The Bertz CT molecular complexity index is 940. The van der Waals surface area contributed by atoms with E-state index in [9.17, 15) is 9.59 Å². The van der Waals surface area contributed by atoms with E-state index in [1.165, 1.54) is 13.3 Å². The third-order valence-electron chi connectivity index (χ3n) is 3.70. The second-order valence-electron chi connectivity index (χ2n) is 5.59. The van der Waals surface area contributed by atoms with Gasteiger partial charge in [0, 0.05) is 16.6 Å². The molecule has 0 atom stereocenters. The predicted molar refractivity (Wildman–Crippen MR) is 116 cm³/mol.